The fraction of sp³-hybridized carbons (Fsp3) is 0.500. The third-order valence-corrected chi connectivity index (χ3v) is 4.28. The van der Waals surface area contributed by atoms with Crippen LogP contribution in [0.25, 0.3) is 0 Å². The molecule has 2 atom stereocenters. The lowest BCUT2D eigenvalue weighted by Gasteiger charge is -2.14. The van der Waals surface area contributed by atoms with Gasteiger partial charge in [-0.05, 0) is 30.9 Å². The summed E-state index contributed by atoms with van der Waals surface area (Å²) in [6, 6.07) is 7.57. The van der Waals surface area contributed by atoms with E-state index in [0.29, 0.717) is 18.0 Å². The second-order valence-electron chi connectivity index (χ2n) is 4.64. The van der Waals surface area contributed by atoms with Crippen LogP contribution >= 0.6 is 27.5 Å². The standard InChI is InChI=1S/C14H17BrClNO2/c15-12(8-10-4-1-2-6-13(10)16)14(18)17-9-11-5-3-7-19-11/h1-2,4,6,11-12H,3,5,7-9H2,(H,17,18). The van der Waals surface area contributed by atoms with Gasteiger partial charge in [-0.25, -0.2) is 0 Å². The topological polar surface area (TPSA) is 38.3 Å². The van der Waals surface area contributed by atoms with Gasteiger partial charge in [0.1, 0.15) is 0 Å². The number of amides is 1. The Balaban J connectivity index is 1.80. The third-order valence-electron chi connectivity index (χ3n) is 3.17. The number of benzene rings is 1. The van der Waals surface area contributed by atoms with Crippen LogP contribution in [0.2, 0.25) is 5.02 Å². The molecule has 104 valence electrons. The highest BCUT2D eigenvalue weighted by atomic mass is 79.9. The van der Waals surface area contributed by atoms with E-state index in [1.807, 2.05) is 24.3 Å². The summed E-state index contributed by atoms with van der Waals surface area (Å²) in [5, 5.41) is 3.60. The molecule has 1 saturated heterocycles. The maximum absolute atomic E-state index is 12.0. The van der Waals surface area contributed by atoms with E-state index >= 15 is 0 Å². The molecule has 0 bridgehead atoms. The van der Waals surface area contributed by atoms with E-state index in [0.717, 1.165) is 25.0 Å². The zero-order valence-corrected chi connectivity index (χ0v) is 12.9. The van der Waals surface area contributed by atoms with Crippen molar-refractivity contribution in [2.24, 2.45) is 0 Å². The minimum absolute atomic E-state index is 0.0181. The van der Waals surface area contributed by atoms with Crippen LogP contribution < -0.4 is 5.32 Å². The Labute approximate surface area is 126 Å². The van der Waals surface area contributed by atoms with Crippen molar-refractivity contribution in [1.29, 1.82) is 0 Å². The Hall–Kier alpha value is -0.580. The highest BCUT2D eigenvalue weighted by Crippen LogP contribution is 2.19. The summed E-state index contributed by atoms with van der Waals surface area (Å²) >= 11 is 9.49. The molecule has 3 nitrogen and oxygen atoms in total. The second-order valence-corrected chi connectivity index (χ2v) is 6.16. The normalized spacial score (nSPS) is 20.2. The van der Waals surface area contributed by atoms with Crippen molar-refractivity contribution in [2.45, 2.75) is 30.2 Å². The summed E-state index contributed by atoms with van der Waals surface area (Å²) in [7, 11) is 0. The number of nitrogens with one attached hydrogen (secondary N) is 1. The molecular formula is C14H17BrClNO2. The molecule has 19 heavy (non-hydrogen) atoms. The van der Waals surface area contributed by atoms with Crippen LogP contribution in [0.1, 0.15) is 18.4 Å². The lowest BCUT2D eigenvalue weighted by atomic mass is 10.1. The summed E-state index contributed by atoms with van der Waals surface area (Å²) in [6.07, 6.45) is 2.86. The van der Waals surface area contributed by atoms with E-state index in [1.165, 1.54) is 0 Å². The molecular weight excluding hydrogens is 330 g/mol. The van der Waals surface area contributed by atoms with Gasteiger partial charge in [0.05, 0.1) is 10.9 Å². The summed E-state index contributed by atoms with van der Waals surface area (Å²) in [5.41, 5.74) is 0.971. The molecule has 1 aromatic carbocycles. The number of rotatable bonds is 5. The SMILES string of the molecule is O=C(NCC1CCCO1)C(Br)Cc1ccccc1Cl. The minimum Gasteiger partial charge on any atom is -0.376 e. The number of hydrogen-bond donors (Lipinski definition) is 1. The molecule has 1 amide bonds. The van der Waals surface area contributed by atoms with Crippen LogP contribution in [0.5, 0.6) is 0 Å². The van der Waals surface area contributed by atoms with E-state index in [9.17, 15) is 4.79 Å². The van der Waals surface area contributed by atoms with Gasteiger partial charge in [0.2, 0.25) is 5.91 Å². The molecule has 1 aromatic rings. The number of hydrogen-bond acceptors (Lipinski definition) is 2. The van der Waals surface area contributed by atoms with Gasteiger partial charge < -0.3 is 10.1 Å². The van der Waals surface area contributed by atoms with Gasteiger partial charge in [-0.1, -0.05) is 45.7 Å². The monoisotopic (exact) mass is 345 g/mol. The molecule has 1 fully saturated rings. The lowest BCUT2D eigenvalue weighted by molar-refractivity contribution is -0.120. The van der Waals surface area contributed by atoms with Crippen molar-refractivity contribution < 1.29 is 9.53 Å². The van der Waals surface area contributed by atoms with E-state index in [-0.39, 0.29) is 16.8 Å². The first-order valence-electron chi connectivity index (χ1n) is 6.43. The fourth-order valence-corrected chi connectivity index (χ4v) is 2.80. The predicted octanol–water partition coefficient (Wildman–Crippen LogP) is 2.94. The first-order valence-corrected chi connectivity index (χ1v) is 7.73. The van der Waals surface area contributed by atoms with E-state index in [2.05, 4.69) is 21.2 Å². The maximum atomic E-state index is 12.0. The first-order chi connectivity index (χ1) is 9.16. The fourth-order valence-electron chi connectivity index (χ4n) is 2.08. The Bertz CT molecular complexity index is 435. The molecule has 5 heteroatoms. The average Bonchev–Trinajstić information content (AvgIpc) is 2.91. The Morgan fingerprint density at radius 3 is 3.00 bits per heavy atom. The van der Waals surface area contributed by atoms with E-state index in [1.54, 1.807) is 0 Å². The van der Waals surface area contributed by atoms with E-state index in [4.69, 9.17) is 16.3 Å². The van der Waals surface area contributed by atoms with Gasteiger partial charge in [0.15, 0.2) is 0 Å². The van der Waals surface area contributed by atoms with Crippen LogP contribution in [0.3, 0.4) is 0 Å². The highest BCUT2D eigenvalue weighted by Gasteiger charge is 2.20. The van der Waals surface area contributed by atoms with Crippen molar-refractivity contribution in [3.63, 3.8) is 0 Å². The smallest absolute Gasteiger partial charge is 0.234 e. The number of carbonyl (C=O) groups is 1. The van der Waals surface area contributed by atoms with Crippen LogP contribution in [0.4, 0.5) is 0 Å². The first kappa shape index (κ1) is 14.8. The van der Waals surface area contributed by atoms with Gasteiger partial charge in [0.25, 0.3) is 0 Å². The summed E-state index contributed by atoms with van der Waals surface area (Å²) in [4.78, 5) is 11.7. The van der Waals surface area contributed by atoms with Gasteiger partial charge in [-0.3, -0.25) is 4.79 Å². The van der Waals surface area contributed by atoms with Crippen LogP contribution in [-0.4, -0.2) is 30.0 Å². The van der Waals surface area contributed by atoms with Crippen molar-refractivity contribution in [3.05, 3.63) is 34.9 Å². The third kappa shape index (κ3) is 4.48. The van der Waals surface area contributed by atoms with Crippen molar-refractivity contribution in [1.82, 2.24) is 5.32 Å². The molecule has 0 spiro atoms. The molecule has 0 saturated carbocycles. The van der Waals surface area contributed by atoms with Gasteiger partial charge in [0, 0.05) is 18.2 Å². The number of ether oxygens (including phenoxy) is 1. The van der Waals surface area contributed by atoms with Gasteiger partial charge in [-0.2, -0.15) is 0 Å². The second kappa shape index (κ2) is 7.27. The lowest BCUT2D eigenvalue weighted by Crippen LogP contribution is -2.37. The molecule has 0 aromatic heterocycles. The van der Waals surface area contributed by atoms with Gasteiger partial charge in [-0.15, -0.1) is 0 Å². The molecule has 2 rings (SSSR count). The van der Waals surface area contributed by atoms with Crippen molar-refractivity contribution in [3.8, 4) is 0 Å². The number of carbonyl (C=O) groups excluding carboxylic acids is 1. The minimum atomic E-state index is -0.270. The summed E-state index contributed by atoms with van der Waals surface area (Å²) < 4.78 is 5.47. The predicted molar refractivity (Wildman–Crippen MR) is 79.9 cm³/mol. The highest BCUT2D eigenvalue weighted by molar-refractivity contribution is 9.10. The Morgan fingerprint density at radius 2 is 2.32 bits per heavy atom. The molecule has 1 N–H and O–H groups in total. The van der Waals surface area contributed by atoms with Gasteiger partial charge >= 0.3 is 0 Å². The maximum Gasteiger partial charge on any atom is 0.234 e. The summed E-state index contributed by atoms with van der Waals surface area (Å²) in [5.74, 6) is -0.0181. The number of alkyl halides is 1. The molecule has 1 heterocycles. The average molecular weight is 347 g/mol. The zero-order valence-electron chi connectivity index (χ0n) is 10.6. The molecule has 1 aliphatic heterocycles. The van der Waals surface area contributed by atoms with E-state index < -0.39 is 0 Å². The Morgan fingerprint density at radius 1 is 1.53 bits per heavy atom. The molecule has 0 aliphatic carbocycles. The molecule has 0 radical (unpaired) electrons. The van der Waals surface area contributed by atoms with Crippen molar-refractivity contribution in [2.75, 3.05) is 13.2 Å². The van der Waals surface area contributed by atoms with Crippen LogP contribution in [0.15, 0.2) is 24.3 Å². The zero-order chi connectivity index (χ0) is 13.7. The van der Waals surface area contributed by atoms with Crippen LogP contribution in [-0.2, 0) is 16.0 Å². The quantitative estimate of drug-likeness (QED) is 0.833. The Kier molecular flexibility index (Phi) is 5.67. The van der Waals surface area contributed by atoms with Crippen molar-refractivity contribution >= 4 is 33.4 Å². The number of halogens is 2. The molecule has 1 aliphatic rings. The van der Waals surface area contributed by atoms with Crippen LogP contribution in [0, 0.1) is 0 Å². The largest absolute Gasteiger partial charge is 0.376 e. The molecule has 2 unspecified atom stereocenters. The summed E-state index contributed by atoms with van der Waals surface area (Å²) in [6.45, 7) is 1.39.